The number of alkyl halides is 3. The van der Waals surface area contributed by atoms with Crippen LogP contribution in [-0.2, 0) is 6.18 Å². The van der Waals surface area contributed by atoms with E-state index in [1.54, 1.807) is 17.8 Å². The van der Waals surface area contributed by atoms with Crippen LogP contribution in [-0.4, -0.2) is 16.5 Å². The monoisotopic (exact) mass is 334 g/mol. The molecule has 0 atom stereocenters. The van der Waals surface area contributed by atoms with Gasteiger partial charge >= 0.3 is 6.18 Å². The summed E-state index contributed by atoms with van der Waals surface area (Å²) in [5.41, 5.74) is -0.451. The van der Waals surface area contributed by atoms with Crippen molar-refractivity contribution in [1.82, 2.24) is 0 Å². The minimum atomic E-state index is -4.45. The zero-order valence-corrected chi connectivity index (χ0v) is 12.7. The fourth-order valence-electron chi connectivity index (χ4n) is 2.78. The molecule has 1 aliphatic heterocycles. The van der Waals surface area contributed by atoms with E-state index in [9.17, 15) is 13.2 Å². The molecule has 7 heteroatoms. The number of anilines is 1. The first-order valence-electron chi connectivity index (χ1n) is 6.74. The van der Waals surface area contributed by atoms with Gasteiger partial charge in [0.2, 0.25) is 0 Å². The molecule has 1 aromatic rings. The van der Waals surface area contributed by atoms with Crippen molar-refractivity contribution in [3.8, 4) is 0 Å². The number of aliphatic imine (C=N–C) groups is 1. The normalized spacial score (nSPS) is 20.9. The zero-order chi connectivity index (χ0) is 15.1. The first kappa shape index (κ1) is 15.0. The number of halogens is 4. The molecule has 21 heavy (non-hydrogen) atoms. The second-order valence-electron chi connectivity index (χ2n) is 5.45. The summed E-state index contributed by atoms with van der Waals surface area (Å²) in [7, 11) is 0. The van der Waals surface area contributed by atoms with Crippen LogP contribution < -0.4 is 5.32 Å². The van der Waals surface area contributed by atoms with Crippen LogP contribution >= 0.6 is 23.4 Å². The van der Waals surface area contributed by atoms with Crippen molar-refractivity contribution in [3.63, 3.8) is 0 Å². The van der Waals surface area contributed by atoms with E-state index in [2.05, 4.69) is 10.3 Å². The fraction of sp³-hybridized carbons (Fsp3) is 0.500. The summed E-state index contributed by atoms with van der Waals surface area (Å²) >= 11 is 7.19. The van der Waals surface area contributed by atoms with Crippen LogP contribution in [0, 0.1) is 0 Å². The van der Waals surface area contributed by atoms with Crippen LogP contribution in [0.2, 0.25) is 5.02 Å². The zero-order valence-electron chi connectivity index (χ0n) is 11.1. The van der Waals surface area contributed by atoms with Gasteiger partial charge in [0, 0.05) is 11.4 Å². The van der Waals surface area contributed by atoms with Gasteiger partial charge in [-0.3, -0.25) is 4.99 Å². The van der Waals surface area contributed by atoms with Crippen LogP contribution in [0.5, 0.6) is 0 Å². The summed E-state index contributed by atoms with van der Waals surface area (Å²) < 4.78 is 38.5. The maximum absolute atomic E-state index is 12.8. The van der Waals surface area contributed by atoms with Crippen molar-refractivity contribution >= 4 is 34.2 Å². The first-order valence-corrected chi connectivity index (χ1v) is 8.11. The predicted octanol–water partition coefficient (Wildman–Crippen LogP) is 5.19. The number of benzene rings is 1. The molecule has 1 spiro atoms. The van der Waals surface area contributed by atoms with Crippen molar-refractivity contribution in [1.29, 1.82) is 0 Å². The van der Waals surface area contributed by atoms with Crippen molar-refractivity contribution in [2.24, 2.45) is 4.99 Å². The molecule has 2 nitrogen and oxygen atoms in total. The van der Waals surface area contributed by atoms with Gasteiger partial charge in [0.1, 0.15) is 0 Å². The van der Waals surface area contributed by atoms with E-state index in [1.807, 2.05) is 0 Å². The average molecular weight is 335 g/mol. The minimum Gasteiger partial charge on any atom is -0.335 e. The van der Waals surface area contributed by atoms with Gasteiger partial charge in [0.25, 0.3) is 0 Å². The summed E-state index contributed by atoms with van der Waals surface area (Å²) in [4.78, 5) is 4.68. The molecule has 2 aliphatic rings. The molecule has 0 amide bonds. The van der Waals surface area contributed by atoms with Crippen LogP contribution in [0.1, 0.15) is 31.2 Å². The molecule has 0 radical (unpaired) electrons. The number of rotatable bonds is 1. The Kier molecular flexibility index (Phi) is 3.86. The molecule has 114 valence electrons. The fourth-order valence-corrected chi connectivity index (χ4v) is 4.21. The van der Waals surface area contributed by atoms with Crippen LogP contribution in [0.3, 0.4) is 0 Å². The van der Waals surface area contributed by atoms with E-state index in [0.29, 0.717) is 10.9 Å². The van der Waals surface area contributed by atoms with Crippen molar-refractivity contribution in [3.05, 3.63) is 28.8 Å². The Bertz CT molecular complexity index is 580. The van der Waals surface area contributed by atoms with Crippen LogP contribution in [0.15, 0.2) is 23.2 Å². The van der Waals surface area contributed by atoms with Crippen LogP contribution in [0.25, 0.3) is 0 Å². The van der Waals surface area contributed by atoms with E-state index < -0.39 is 11.7 Å². The molecule has 0 aromatic heterocycles. The lowest BCUT2D eigenvalue weighted by Crippen LogP contribution is -2.21. The number of nitrogens with one attached hydrogen (secondary N) is 1. The van der Waals surface area contributed by atoms with E-state index in [0.717, 1.165) is 24.7 Å². The second-order valence-corrected chi connectivity index (χ2v) is 6.83. The molecule has 0 bridgehead atoms. The summed E-state index contributed by atoms with van der Waals surface area (Å²) in [6.07, 6.45) is 0.0400. The van der Waals surface area contributed by atoms with Gasteiger partial charge in [-0.1, -0.05) is 36.2 Å². The summed E-state index contributed by atoms with van der Waals surface area (Å²) in [5, 5.41) is 3.40. The molecule has 1 heterocycles. The predicted molar refractivity (Wildman–Crippen MR) is 81.2 cm³/mol. The summed E-state index contributed by atoms with van der Waals surface area (Å²) in [6, 6.07) is 3.84. The molecule has 3 rings (SSSR count). The van der Waals surface area contributed by atoms with Crippen LogP contribution in [0.4, 0.5) is 18.9 Å². The lowest BCUT2D eigenvalue weighted by molar-refractivity contribution is -0.137. The Morgan fingerprint density at radius 3 is 2.62 bits per heavy atom. The largest absolute Gasteiger partial charge is 0.417 e. The van der Waals surface area contributed by atoms with E-state index in [-0.39, 0.29) is 10.6 Å². The topological polar surface area (TPSA) is 24.4 Å². The highest BCUT2D eigenvalue weighted by molar-refractivity contribution is 8.14. The van der Waals surface area contributed by atoms with Gasteiger partial charge < -0.3 is 5.32 Å². The van der Waals surface area contributed by atoms with Crippen molar-refractivity contribution in [2.75, 3.05) is 11.1 Å². The Balaban J connectivity index is 1.80. The summed E-state index contributed by atoms with van der Waals surface area (Å²) in [6.45, 7) is 0. The lowest BCUT2D eigenvalue weighted by atomic mass is 10.0. The minimum absolute atomic E-state index is 0.00623. The standard InChI is InChI=1S/C14H14ClF3N2S/c15-11-4-3-9(7-10(11)14(16,17)18)19-12-20-13(8-21-12)5-1-2-6-13/h3-4,7H,1-2,5-6,8H2,(H,19,20). The van der Waals surface area contributed by atoms with Gasteiger partial charge in [0.05, 0.1) is 16.1 Å². The highest BCUT2D eigenvalue weighted by Gasteiger charge is 2.38. The molecule has 1 aromatic carbocycles. The molecule has 1 fully saturated rings. The maximum Gasteiger partial charge on any atom is 0.417 e. The quantitative estimate of drug-likeness (QED) is 0.764. The van der Waals surface area contributed by atoms with E-state index in [4.69, 9.17) is 11.6 Å². The highest BCUT2D eigenvalue weighted by atomic mass is 35.5. The lowest BCUT2D eigenvalue weighted by Gasteiger charge is -2.16. The number of amidine groups is 1. The molecular weight excluding hydrogens is 321 g/mol. The maximum atomic E-state index is 12.8. The van der Waals surface area contributed by atoms with Gasteiger partial charge in [-0.05, 0) is 31.0 Å². The van der Waals surface area contributed by atoms with Crippen molar-refractivity contribution < 1.29 is 13.2 Å². The van der Waals surface area contributed by atoms with Gasteiger partial charge in [-0.25, -0.2) is 0 Å². The molecule has 1 saturated carbocycles. The Morgan fingerprint density at radius 1 is 1.24 bits per heavy atom. The molecule has 0 unspecified atom stereocenters. The van der Waals surface area contributed by atoms with Gasteiger partial charge in [-0.2, -0.15) is 13.2 Å². The second kappa shape index (κ2) is 5.39. The van der Waals surface area contributed by atoms with Gasteiger partial charge in [-0.15, -0.1) is 0 Å². The van der Waals surface area contributed by atoms with E-state index >= 15 is 0 Å². The molecule has 1 N–H and O–H groups in total. The van der Waals surface area contributed by atoms with Gasteiger partial charge in [0.15, 0.2) is 5.17 Å². The Hall–Kier alpha value is -0.880. The van der Waals surface area contributed by atoms with Crippen molar-refractivity contribution in [2.45, 2.75) is 37.4 Å². The average Bonchev–Trinajstić information content (AvgIpc) is 3.02. The van der Waals surface area contributed by atoms with E-state index in [1.165, 1.54) is 18.9 Å². The Labute approximate surface area is 130 Å². The Morgan fingerprint density at radius 2 is 1.95 bits per heavy atom. The summed E-state index contributed by atoms with van der Waals surface area (Å²) in [5.74, 6) is 0.912. The molecule has 1 aliphatic carbocycles. The smallest absolute Gasteiger partial charge is 0.335 e. The highest BCUT2D eigenvalue weighted by Crippen LogP contribution is 2.42. The molecular formula is C14H14ClF3N2S. The third-order valence-electron chi connectivity index (χ3n) is 3.87. The number of hydrogen-bond donors (Lipinski definition) is 1. The number of nitrogens with zero attached hydrogens (tertiary/aromatic N) is 1. The molecule has 0 saturated heterocycles. The number of thioether (sulfide) groups is 1. The third-order valence-corrected chi connectivity index (χ3v) is 5.35. The number of hydrogen-bond acceptors (Lipinski definition) is 3. The third kappa shape index (κ3) is 3.16. The first-order chi connectivity index (χ1) is 9.88. The SMILES string of the molecule is FC(F)(F)c1cc(NC2=NC3(CCCC3)CS2)ccc1Cl.